The van der Waals surface area contributed by atoms with E-state index in [4.69, 9.17) is 10.2 Å². The predicted molar refractivity (Wildman–Crippen MR) is 164 cm³/mol. The lowest BCUT2D eigenvalue weighted by Crippen LogP contribution is -1.84. The SMILES string of the molecule is CCCCCCCCC=CCCCCCCCCO.CCCCCCCCCCCCCCCCO. The Kier molecular flexibility index (Phi) is 41.1. The summed E-state index contributed by atoms with van der Waals surface area (Å²) in [6.07, 6.45) is 42.4. The van der Waals surface area contributed by atoms with Gasteiger partial charge >= 0.3 is 0 Å². The molecule has 0 fully saturated rings. The monoisotopic (exact) mass is 511 g/mol. The third-order valence-corrected chi connectivity index (χ3v) is 7.18. The van der Waals surface area contributed by atoms with E-state index in [-0.39, 0.29) is 0 Å². The molecule has 0 saturated heterocycles. The van der Waals surface area contributed by atoms with E-state index in [0.29, 0.717) is 13.2 Å². The number of rotatable bonds is 29. The summed E-state index contributed by atoms with van der Waals surface area (Å²) in [7, 11) is 0. The van der Waals surface area contributed by atoms with E-state index in [2.05, 4.69) is 26.0 Å². The largest absolute Gasteiger partial charge is 0.396 e. The van der Waals surface area contributed by atoms with Crippen molar-refractivity contribution in [2.75, 3.05) is 13.2 Å². The van der Waals surface area contributed by atoms with Gasteiger partial charge in [-0.05, 0) is 38.5 Å². The molecule has 0 saturated carbocycles. The quantitative estimate of drug-likeness (QED) is 0.0775. The fourth-order valence-electron chi connectivity index (χ4n) is 4.67. The van der Waals surface area contributed by atoms with Crippen LogP contribution in [0.25, 0.3) is 0 Å². The van der Waals surface area contributed by atoms with E-state index in [0.717, 1.165) is 12.8 Å². The molecular formula is C34H70O2. The van der Waals surface area contributed by atoms with Gasteiger partial charge in [-0.15, -0.1) is 0 Å². The fourth-order valence-corrected chi connectivity index (χ4v) is 4.67. The second kappa shape index (κ2) is 39.2. The van der Waals surface area contributed by atoms with E-state index in [1.54, 1.807) is 0 Å². The molecule has 2 N–H and O–H groups in total. The van der Waals surface area contributed by atoms with Gasteiger partial charge in [0, 0.05) is 13.2 Å². The summed E-state index contributed by atoms with van der Waals surface area (Å²) in [4.78, 5) is 0. The Hall–Kier alpha value is -0.340. The zero-order chi connectivity index (χ0) is 26.6. The predicted octanol–water partition coefficient (Wildman–Crippen LogP) is 11.5. The average molecular weight is 511 g/mol. The van der Waals surface area contributed by atoms with Gasteiger partial charge in [0.05, 0.1) is 0 Å². The molecule has 0 rings (SSSR count). The highest BCUT2D eigenvalue weighted by Gasteiger charge is 1.94. The van der Waals surface area contributed by atoms with Crippen LogP contribution in [0.3, 0.4) is 0 Å². The third-order valence-electron chi connectivity index (χ3n) is 7.18. The Labute approximate surface area is 229 Å². The summed E-state index contributed by atoms with van der Waals surface area (Å²) in [6, 6.07) is 0. The van der Waals surface area contributed by atoms with Crippen molar-refractivity contribution in [2.45, 2.75) is 194 Å². The van der Waals surface area contributed by atoms with E-state index in [1.165, 1.54) is 167 Å². The van der Waals surface area contributed by atoms with E-state index < -0.39 is 0 Å². The molecule has 0 spiro atoms. The minimum absolute atomic E-state index is 0.362. The van der Waals surface area contributed by atoms with Crippen LogP contribution in [0.5, 0.6) is 0 Å². The van der Waals surface area contributed by atoms with E-state index >= 15 is 0 Å². The molecule has 2 heteroatoms. The lowest BCUT2D eigenvalue weighted by Gasteiger charge is -2.02. The van der Waals surface area contributed by atoms with Crippen molar-refractivity contribution in [3.63, 3.8) is 0 Å². The summed E-state index contributed by atoms with van der Waals surface area (Å²) >= 11 is 0. The maximum Gasteiger partial charge on any atom is 0.0431 e. The van der Waals surface area contributed by atoms with Crippen LogP contribution in [0.4, 0.5) is 0 Å². The van der Waals surface area contributed by atoms with E-state index in [9.17, 15) is 0 Å². The molecule has 0 aliphatic rings. The topological polar surface area (TPSA) is 40.5 Å². The molecule has 0 aromatic heterocycles. The molecule has 0 aliphatic heterocycles. The van der Waals surface area contributed by atoms with Crippen LogP contribution in [-0.4, -0.2) is 23.4 Å². The summed E-state index contributed by atoms with van der Waals surface area (Å²) in [5.74, 6) is 0. The van der Waals surface area contributed by atoms with Crippen LogP contribution in [0.15, 0.2) is 12.2 Å². The second-order valence-electron chi connectivity index (χ2n) is 11.0. The molecule has 0 heterocycles. The van der Waals surface area contributed by atoms with Crippen LogP contribution in [0.1, 0.15) is 194 Å². The first-order valence-electron chi connectivity index (χ1n) is 16.7. The number of allylic oxidation sites excluding steroid dienone is 2. The summed E-state index contributed by atoms with van der Waals surface area (Å²) < 4.78 is 0. The number of unbranched alkanes of at least 4 members (excludes halogenated alkanes) is 25. The molecular weight excluding hydrogens is 440 g/mol. The molecule has 0 bridgehead atoms. The highest BCUT2D eigenvalue weighted by molar-refractivity contribution is 4.81. The van der Waals surface area contributed by atoms with Gasteiger partial charge in [0.25, 0.3) is 0 Å². The average Bonchev–Trinajstić information content (AvgIpc) is 2.89. The van der Waals surface area contributed by atoms with Crippen LogP contribution in [0, 0.1) is 0 Å². The second-order valence-corrected chi connectivity index (χ2v) is 11.0. The summed E-state index contributed by atoms with van der Waals surface area (Å²) in [5, 5.41) is 17.3. The van der Waals surface area contributed by atoms with Crippen molar-refractivity contribution in [3.8, 4) is 0 Å². The maximum absolute atomic E-state index is 8.66. The van der Waals surface area contributed by atoms with Crippen molar-refractivity contribution in [2.24, 2.45) is 0 Å². The molecule has 0 amide bonds. The van der Waals surface area contributed by atoms with Gasteiger partial charge in [-0.1, -0.05) is 167 Å². The van der Waals surface area contributed by atoms with Gasteiger partial charge in [-0.25, -0.2) is 0 Å². The van der Waals surface area contributed by atoms with Crippen LogP contribution in [-0.2, 0) is 0 Å². The van der Waals surface area contributed by atoms with Crippen molar-refractivity contribution >= 4 is 0 Å². The highest BCUT2D eigenvalue weighted by atomic mass is 16.3. The molecule has 2 nitrogen and oxygen atoms in total. The minimum atomic E-state index is 0.362. The zero-order valence-corrected chi connectivity index (χ0v) is 25.3. The summed E-state index contributed by atoms with van der Waals surface area (Å²) in [5.41, 5.74) is 0. The first kappa shape index (κ1) is 37.8. The third kappa shape index (κ3) is 40.8. The fraction of sp³-hybridized carbons (Fsp3) is 0.941. The molecule has 0 aliphatic carbocycles. The van der Waals surface area contributed by atoms with Crippen molar-refractivity contribution in [1.29, 1.82) is 0 Å². The van der Waals surface area contributed by atoms with Crippen molar-refractivity contribution in [3.05, 3.63) is 12.2 Å². The Morgan fingerprint density at radius 3 is 0.778 bits per heavy atom. The maximum atomic E-state index is 8.66. The molecule has 218 valence electrons. The Morgan fingerprint density at radius 1 is 0.306 bits per heavy atom. The van der Waals surface area contributed by atoms with Crippen LogP contribution in [0.2, 0.25) is 0 Å². The lowest BCUT2D eigenvalue weighted by atomic mass is 10.0. The Morgan fingerprint density at radius 2 is 0.528 bits per heavy atom. The Bertz CT molecular complexity index is 352. The van der Waals surface area contributed by atoms with Gasteiger partial charge in [0.2, 0.25) is 0 Å². The van der Waals surface area contributed by atoms with Gasteiger partial charge in [0.1, 0.15) is 0 Å². The molecule has 0 aromatic rings. The number of aliphatic hydroxyl groups is 2. The highest BCUT2D eigenvalue weighted by Crippen LogP contribution is 2.13. The molecule has 0 radical (unpaired) electrons. The standard InChI is InChI=1S/C18H36O.C16H34O/c1-2-3-4-5-6-7-8-9-10-11-12-13-14-15-16-17-18-19;1-2-3-4-5-6-7-8-9-10-11-12-13-14-15-16-17/h9-10,19H,2-8,11-18H2,1H3;17H,2-16H2,1H3. The first-order chi connectivity index (χ1) is 17.8. The van der Waals surface area contributed by atoms with Crippen molar-refractivity contribution in [1.82, 2.24) is 0 Å². The van der Waals surface area contributed by atoms with E-state index in [1.807, 2.05) is 0 Å². The van der Waals surface area contributed by atoms with Crippen LogP contribution >= 0.6 is 0 Å². The van der Waals surface area contributed by atoms with Crippen LogP contribution < -0.4 is 0 Å². The molecule has 0 unspecified atom stereocenters. The lowest BCUT2D eigenvalue weighted by molar-refractivity contribution is 0.282. The van der Waals surface area contributed by atoms with Gasteiger partial charge in [-0.3, -0.25) is 0 Å². The number of hydrogen-bond donors (Lipinski definition) is 2. The smallest absolute Gasteiger partial charge is 0.0431 e. The normalized spacial score (nSPS) is 11.2. The summed E-state index contributed by atoms with van der Waals surface area (Å²) in [6.45, 7) is 5.29. The van der Waals surface area contributed by atoms with Gasteiger partial charge in [-0.2, -0.15) is 0 Å². The van der Waals surface area contributed by atoms with Crippen molar-refractivity contribution < 1.29 is 10.2 Å². The zero-order valence-electron chi connectivity index (χ0n) is 25.3. The number of aliphatic hydroxyl groups excluding tert-OH is 2. The van der Waals surface area contributed by atoms with Gasteiger partial charge in [0.15, 0.2) is 0 Å². The minimum Gasteiger partial charge on any atom is -0.396 e. The first-order valence-corrected chi connectivity index (χ1v) is 16.7. The Balaban J connectivity index is 0. The van der Waals surface area contributed by atoms with Gasteiger partial charge < -0.3 is 10.2 Å². The molecule has 0 atom stereocenters. The molecule has 0 aromatic carbocycles. The molecule has 36 heavy (non-hydrogen) atoms. The number of hydrogen-bond acceptors (Lipinski definition) is 2.